The van der Waals surface area contributed by atoms with Crippen LogP contribution in [0, 0.1) is 0 Å². The molecule has 0 saturated carbocycles. The Morgan fingerprint density at radius 1 is 1.60 bits per heavy atom. The Kier molecular flexibility index (Phi) is 5.09. The van der Waals surface area contributed by atoms with Crippen LogP contribution in [0.3, 0.4) is 0 Å². The van der Waals surface area contributed by atoms with E-state index in [0.717, 1.165) is 18.5 Å². The molecule has 1 aliphatic rings. The summed E-state index contributed by atoms with van der Waals surface area (Å²) in [6.07, 6.45) is 2.56. The van der Waals surface area contributed by atoms with Gasteiger partial charge in [-0.05, 0) is 12.8 Å². The molecule has 1 atom stereocenters. The number of hydrogen-bond acceptors (Lipinski definition) is 5. The molecule has 1 aliphatic heterocycles. The van der Waals surface area contributed by atoms with Crippen molar-refractivity contribution in [3.63, 3.8) is 0 Å². The molecule has 1 aromatic heterocycles. The lowest BCUT2D eigenvalue weighted by Gasteiger charge is -2.06. The van der Waals surface area contributed by atoms with Gasteiger partial charge < -0.3 is 5.32 Å². The number of nitrogens with zero attached hydrogens (tertiary/aromatic N) is 1. The van der Waals surface area contributed by atoms with Gasteiger partial charge in [0, 0.05) is 17.0 Å². The van der Waals surface area contributed by atoms with Crippen molar-refractivity contribution in [2.75, 3.05) is 22.6 Å². The second kappa shape index (κ2) is 6.62. The van der Waals surface area contributed by atoms with Crippen molar-refractivity contribution in [2.24, 2.45) is 0 Å². The molecule has 0 spiro atoms. The summed E-state index contributed by atoms with van der Waals surface area (Å²) < 4.78 is 22.6. The fourth-order valence-electron chi connectivity index (χ4n) is 2.09. The number of aromatic amines is 1. The number of thioether (sulfide) groups is 1. The van der Waals surface area contributed by atoms with E-state index in [4.69, 9.17) is 0 Å². The maximum atomic E-state index is 11.8. The SMILES string of the molecule is CCCc1cc(NC(=O)CSC2CCS(=O)(=O)C2)n[nH]1. The number of amides is 1. The summed E-state index contributed by atoms with van der Waals surface area (Å²) >= 11 is 1.40. The molecule has 20 heavy (non-hydrogen) atoms. The van der Waals surface area contributed by atoms with Crippen LogP contribution in [0.2, 0.25) is 0 Å². The molecule has 112 valence electrons. The molecule has 8 heteroatoms. The van der Waals surface area contributed by atoms with Gasteiger partial charge in [0.1, 0.15) is 0 Å². The van der Waals surface area contributed by atoms with Crippen molar-refractivity contribution in [3.05, 3.63) is 11.8 Å². The van der Waals surface area contributed by atoms with Gasteiger partial charge in [0.05, 0.1) is 17.3 Å². The number of aryl methyl sites for hydroxylation is 1. The maximum absolute atomic E-state index is 11.8. The average molecular weight is 317 g/mol. The highest BCUT2D eigenvalue weighted by Gasteiger charge is 2.28. The van der Waals surface area contributed by atoms with Crippen molar-refractivity contribution in [2.45, 2.75) is 31.4 Å². The number of H-pyrrole nitrogens is 1. The third kappa shape index (κ3) is 4.52. The number of rotatable bonds is 6. The summed E-state index contributed by atoms with van der Waals surface area (Å²) in [5.41, 5.74) is 0.998. The molecule has 2 rings (SSSR count). The van der Waals surface area contributed by atoms with E-state index in [1.54, 1.807) is 0 Å². The van der Waals surface area contributed by atoms with Crippen LogP contribution >= 0.6 is 11.8 Å². The minimum atomic E-state index is -2.88. The Labute approximate surface area is 123 Å². The first-order valence-electron chi connectivity index (χ1n) is 6.64. The van der Waals surface area contributed by atoms with Gasteiger partial charge in [0.2, 0.25) is 5.91 Å². The number of nitrogens with one attached hydrogen (secondary N) is 2. The smallest absolute Gasteiger partial charge is 0.235 e. The third-order valence-electron chi connectivity index (χ3n) is 3.06. The van der Waals surface area contributed by atoms with E-state index < -0.39 is 9.84 Å². The molecule has 1 amide bonds. The highest BCUT2D eigenvalue weighted by molar-refractivity contribution is 8.02. The standard InChI is InChI=1S/C12H19N3O3S2/c1-2-3-9-6-11(15-14-9)13-12(16)7-19-10-4-5-20(17,18)8-10/h6,10H,2-5,7-8H2,1H3,(H2,13,14,15,16). The Morgan fingerprint density at radius 3 is 3.05 bits per heavy atom. The van der Waals surface area contributed by atoms with E-state index in [2.05, 4.69) is 22.4 Å². The van der Waals surface area contributed by atoms with Crippen LogP contribution in [0.5, 0.6) is 0 Å². The molecule has 0 radical (unpaired) electrons. The van der Waals surface area contributed by atoms with Crippen molar-refractivity contribution in [1.29, 1.82) is 0 Å². The van der Waals surface area contributed by atoms with E-state index in [9.17, 15) is 13.2 Å². The summed E-state index contributed by atoms with van der Waals surface area (Å²) in [4.78, 5) is 11.8. The van der Waals surface area contributed by atoms with Gasteiger partial charge in [-0.1, -0.05) is 13.3 Å². The summed E-state index contributed by atoms with van der Waals surface area (Å²) in [6.45, 7) is 2.07. The van der Waals surface area contributed by atoms with Crippen LogP contribution < -0.4 is 5.32 Å². The first-order valence-corrected chi connectivity index (χ1v) is 9.51. The third-order valence-corrected chi connectivity index (χ3v) is 6.34. The Morgan fingerprint density at radius 2 is 2.40 bits per heavy atom. The zero-order valence-corrected chi connectivity index (χ0v) is 13.0. The molecule has 1 aromatic rings. The van der Waals surface area contributed by atoms with E-state index in [1.165, 1.54) is 11.8 Å². The molecule has 0 bridgehead atoms. The summed E-state index contributed by atoms with van der Waals surface area (Å²) in [7, 11) is -2.88. The molecule has 2 N–H and O–H groups in total. The molecule has 1 unspecified atom stereocenters. The molecular formula is C12H19N3O3S2. The predicted octanol–water partition coefficient (Wildman–Crippen LogP) is 1.22. The molecule has 1 fully saturated rings. The fraction of sp³-hybridized carbons (Fsp3) is 0.667. The Balaban J connectivity index is 1.75. The van der Waals surface area contributed by atoms with E-state index >= 15 is 0 Å². The lowest BCUT2D eigenvalue weighted by molar-refractivity contribution is -0.113. The first-order chi connectivity index (χ1) is 9.48. The number of carbonyl (C=O) groups excluding carboxylic acids is 1. The number of aromatic nitrogens is 2. The second-order valence-electron chi connectivity index (χ2n) is 4.91. The molecule has 0 aliphatic carbocycles. The lowest BCUT2D eigenvalue weighted by atomic mass is 10.2. The summed E-state index contributed by atoms with van der Waals surface area (Å²) in [5.74, 6) is 1.07. The molecule has 1 saturated heterocycles. The Hall–Kier alpha value is -1.02. The van der Waals surface area contributed by atoms with Gasteiger partial charge in [-0.3, -0.25) is 9.89 Å². The zero-order chi connectivity index (χ0) is 14.6. The topological polar surface area (TPSA) is 91.9 Å². The van der Waals surface area contributed by atoms with Crippen molar-refractivity contribution < 1.29 is 13.2 Å². The van der Waals surface area contributed by atoms with E-state index in [1.807, 2.05) is 6.07 Å². The van der Waals surface area contributed by atoms with E-state index in [-0.39, 0.29) is 28.4 Å². The normalized spacial score (nSPS) is 20.9. The minimum Gasteiger partial charge on any atom is -0.308 e. The molecule has 0 aromatic carbocycles. The maximum Gasteiger partial charge on any atom is 0.235 e. The Bertz CT molecular complexity index is 568. The van der Waals surface area contributed by atoms with Gasteiger partial charge in [-0.15, -0.1) is 11.8 Å². The highest BCUT2D eigenvalue weighted by Crippen LogP contribution is 2.24. The number of carbonyl (C=O) groups is 1. The van der Waals surface area contributed by atoms with Crippen molar-refractivity contribution >= 4 is 33.3 Å². The monoisotopic (exact) mass is 317 g/mol. The predicted molar refractivity (Wildman–Crippen MR) is 80.7 cm³/mol. The van der Waals surface area contributed by atoms with Crippen LogP contribution in [-0.4, -0.2) is 47.0 Å². The van der Waals surface area contributed by atoms with Crippen LogP contribution in [0.4, 0.5) is 5.82 Å². The summed E-state index contributed by atoms with van der Waals surface area (Å²) in [5, 5.41) is 9.64. The van der Waals surface area contributed by atoms with Crippen LogP contribution in [0.1, 0.15) is 25.5 Å². The summed E-state index contributed by atoms with van der Waals surface area (Å²) in [6, 6.07) is 1.83. The van der Waals surface area contributed by atoms with E-state index in [0.29, 0.717) is 12.2 Å². The lowest BCUT2D eigenvalue weighted by Crippen LogP contribution is -2.17. The number of anilines is 1. The minimum absolute atomic E-state index is 0.0422. The molecule has 2 heterocycles. The van der Waals surface area contributed by atoms with Crippen molar-refractivity contribution in [3.8, 4) is 0 Å². The largest absolute Gasteiger partial charge is 0.308 e. The molecule has 6 nitrogen and oxygen atoms in total. The fourth-order valence-corrected chi connectivity index (χ4v) is 5.53. The van der Waals surface area contributed by atoms with Gasteiger partial charge in [0.25, 0.3) is 0 Å². The first kappa shape index (κ1) is 15.4. The zero-order valence-electron chi connectivity index (χ0n) is 11.4. The number of hydrogen-bond donors (Lipinski definition) is 2. The highest BCUT2D eigenvalue weighted by atomic mass is 32.2. The van der Waals surface area contributed by atoms with Gasteiger partial charge in [-0.2, -0.15) is 5.10 Å². The molecular weight excluding hydrogens is 298 g/mol. The second-order valence-corrected chi connectivity index (χ2v) is 8.43. The quantitative estimate of drug-likeness (QED) is 0.823. The van der Waals surface area contributed by atoms with Crippen molar-refractivity contribution in [1.82, 2.24) is 10.2 Å². The van der Waals surface area contributed by atoms with Gasteiger partial charge in [-0.25, -0.2) is 8.42 Å². The average Bonchev–Trinajstić information content (AvgIpc) is 2.94. The van der Waals surface area contributed by atoms with Crippen LogP contribution in [-0.2, 0) is 21.1 Å². The van der Waals surface area contributed by atoms with Gasteiger partial charge in [0.15, 0.2) is 15.7 Å². The number of sulfone groups is 1. The van der Waals surface area contributed by atoms with Gasteiger partial charge >= 0.3 is 0 Å². The van der Waals surface area contributed by atoms with Crippen LogP contribution in [0.25, 0.3) is 0 Å². The van der Waals surface area contributed by atoms with Crippen LogP contribution in [0.15, 0.2) is 6.07 Å².